The van der Waals surface area contributed by atoms with Gasteiger partial charge in [0.1, 0.15) is 0 Å². The molecule has 0 aromatic rings. The Morgan fingerprint density at radius 3 is 2.59 bits per heavy atom. The van der Waals surface area contributed by atoms with E-state index in [0.717, 1.165) is 36.8 Å². The summed E-state index contributed by atoms with van der Waals surface area (Å²) in [5.41, 5.74) is 3.47. The van der Waals surface area contributed by atoms with Crippen LogP contribution in [0, 0.1) is 11.3 Å². The van der Waals surface area contributed by atoms with Gasteiger partial charge in [0.2, 0.25) is 0 Å². The number of fused-ring (bicyclic) bond motifs is 1. The minimum atomic E-state index is -0.746. The number of hydrogen-bond donors (Lipinski definition) is 3. The zero-order valence-corrected chi connectivity index (χ0v) is 21.9. The molecule has 0 amide bonds. The van der Waals surface area contributed by atoms with Gasteiger partial charge in [-0.2, -0.15) is 0 Å². The van der Waals surface area contributed by atoms with Gasteiger partial charge in [-0.3, -0.25) is 0 Å². The first kappa shape index (κ1) is 27.1. The number of rotatable bonds is 8. The number of hydrogen-bond acceptors (Lipinski definition) is 4. The molecule has 0 spiro atoms. The van der Waals surface area contributed by atoms with Crippen LogP contribution in [0.25, 0.3) is 0 Å². The second-order valence-electron chi connectivity index (χ2n) is 11.3. The molecule has 0 bridgehead atoms. The summed E-state index contributed by atoms with van der Waals surface area (Å²) in [6.45, 7) is 15.3. The molecule has 4 nitrogen and oxygen atoms in total. The largest absolute Gasteiger partial charge is 0.393 e. The van der Waals surface area contributed by atoms with Crippen molar-refractivity contribution in [2.24, 2.45) is 11.3 Å². The Bertz CT molecular complexity index is 870. The van der Waals surface area contributed by atoms with Crippen LogP contribution in [0.15, 0.2) is 59.3 Å². The molecular weight excluding hydrogens is 424 g/mol. The van der Waals surface area contributed by atoms with Crippen molar-refractivity contribution >= 4 is 0 Å². The highest BCUT2D eigenvalue weighted by Crippen LogP contribution is 2.57. The Morgan fingerprint density at radius 2 is 1.91 bits per heavy atom. The first-order valence-electron chi connectivity index (χ1n) is 13.2. The van der Waals surface area contributed by atoms with E-state index in [2.05, 4.69) is 45.6 Å². The third-order valence-corrected chi connectivity index (χ3v) is 8.66. The van der Waals surface area contributed by atoms with Crippen molar-refractivity contribution in [3.8, 4) is 0 Å². The lowest BCUT2D eigenvalue weighted by Crippen LogP contribution is -2.40. The summed E-state index contributed by atoms with van der Waals surface area (Å²) in [6.07, 6.45) is 16.1. The second-order valence-corrected chi connectivity index (χ2v) is 11.3. The molecule has 0 aliphatic heterocycles. The molecule has 0 heterocycles. The van der Waals surface area contributed by atoms with Gasteiger partial charge in [-0.25, -0.2) is 0 Å². The maximum absolute atomic E-state index is 10.5. The molecule has 190 valence electrons. The molecule has 0 aromatic carbocycles. The molecule has 0 saturated heterocycles. The summed E-state index contributed by atoms with van der Waals surface area (Å²) in [7, 11) is 0. The Hall–Kier alpha value is -1.46. The normalized spacial score (nSPS) is 33.1. The van der Waals surface area contributed by atoms with Crippen LogP contribution in [0.3, 0.4) is 0 Å². The van der Waals surface area contributed by atoms with E-state index in [4.69, 9.17) is 4.74 Å². The van der Waals surface area contributed by atoms with Crippen LogP contribution < -0.4 is 0 Å². The predicted molar refractivity (Wildman–Crippen MR) is 139 cm³/mol. The average Bonchev–Trinajstić information content (AvgIpc) is 3.16. The Kier molecular flexibility index (Phi) is 8.50. The molecule has 0 aromatic heterocycles. The van der Waals surface area contributed by atoms with Crippen molar-refractivity contribution in [3.05, 3.63) is 59.3 Å². The fourth-order valence-electron chi connectivity index (χ4n) is 6.31. The molecule has 0 unspecified atom stereocenters. The van der Waals surface area contributed by atoms with Crippen molar-refractivity contribution in [1.29, 1.82) is 0 Å². The number of allylic oxidation sites excluding steroid dienone is 4. The molecule has 3 aliphatic rings. The average molecular weight is 471 g/mol. The predicted octanol–water partition coefficient (Wildman–Crippen LogP) is 5.95. The maximum Gasteiger partial charge on any atom is 0.0845 e. The van der Waals surface area contributed by atoms with Gasteiger partial charge < -0.3 is 20.1 Å². The molecule has 4 heteroatoms. The first-order valence-corrected chi connectivity index (χ1v) is 13.2. The molecule has 3 aliphatic carbocycles. The molecule has 34 heavy (non-hydrogen) atoms. The lowest BCUT2D eigenvalue weighted by molar-refractivity contribution is 0.00660. The Morgan fingerprint density at radius 1 is 1.21 bits per heavy atom. The van der Waals surface area contributed by atoms with Gasteiger partial charge in [-0.1, -0.05) is 63.3 Å². The highest BCUT2D eigenvalue weighted by atomic mass is 16.5. The summed E-state index contributed by atoms with van der Waals surface area (Å²) >= 11 is 0. The minimum absolute atomic E-state index is 0.0615. The van der Waals surface area contributed by atoms with E-state index < -0.39 is 17.8 Å². The quantitative estimate of drug-likeness (QED) is 0.383. The SMILES string of the molecule is C=C1C(=CC=C2CCC[C@]3(C)C(C(C)(C)OC/C=C/C(O)(CC)CC)=CC[C@@H]23)C[C@@H](O)C[C@@H]1O. The summed E-state index contributed by atoms with van der Waals surface area (Å²) in [6, 6.07) is 0. The van der Waals surface area contributed by atoms with E-state index in [1.807, 2.05) is 26.0 Å². The van der Waals surface area contributed by atoms with Gasteiger partial charge in [0, 0.05) is 6.42 Å². The van der Waals surface area contributed by atoms with Crippen LogP contribution in [0.2, 0.25) is 0 Å². The standard InChI is InChI=1S/C30H46O4/c1-7-30(33,8-2)17-10-18-34-28(4,5)27-15-14-25-22(11-9-16-29(25,27)6)12-13-23-19-24(31)20-26(32)21(23)3/h10,12-13,15,17,24-26,31-33H,3,7-9,11,14,16,18-20H2,1-2,4-6H3/b17-10+,22-12?,23-13?/t24-,25+,26+,29+/m1/s1. The van der Waals surface area contributed by atoms with Crippen LogP contribution in [-0.2, 0) is 4.74 Å². The third-order valence-electron chi connectivity index (χ3n) is 8.66. The van der Waals surface area contributed by atoms with Gasteiger partial charge in [-0.15, -0.1) is 0 Å². The molecule has 3 N–H and O–H groups in total. The van der Waals surface area contributed by atoms with Crippen molar-refractivity contribution in [1.82, 2.24) is 0 Å². The van der Waals surface area contributed by atoms with E-state index in [9.17, 15) is 15.3 Å². The van der Waals surface area contributed by atoms with E-state index in [0.29, 0.717) is 38.2 Å². The fourth-order valence-corrected chi connectivity index (χ4v) is 6.31. The number of aliphatic hydroxyl groups is 3. The van der Waals surface area contributed by atoms with Gasteiger partial charge in [0.15, 0.2) is 0 Å². The second kappa shape index (κ2) is 10.7. The molecule has 4 atom stereocenters. The molecule has 0 radical (unpaired) electrons. The summed E-state index contributed by atoms with van der Waals surface area (Å²) < 4.78 is 6.38. The highest BCUT2D eigenvalue weighted by Gasteiger charge is 2.49. The maximum atomic E-state index is 10.5. The van der Waals surface area contributed by atoms with Gasteiger partial charge in [0.25, 0.3) is 0 Å². The number of aliphatic hydroxyl groups excluding tert-OH is 2. The van der Waals surface area contributed by atoms with Crippen molar-refractivity contribution in [2.75, 3.05) is 6.61 Å². The zero-order valence-electron chi connectivity index (χ0n) is 21.9. The molecule has 3 rings (SSSR count). The third kappa shape index (κ3) is 5.67. The van der Waals surface area contributed by atoms with Crippen molar-refractivity contribution in [2.45, 2.75) is 109 Å². The van der Waals surface area contributed by atoms with Gasteiger partial charge in [0.05, 0.1) is 30.0 Å². The minimum Gasteiger partial charge on any atom is -0.393 e. The zero-order chi connectivity index (χ0) is 25.1. The Balaban J connectivity index is 1.73. The van der Waals surface area contributed by atoms with E-state index in [1.165, 1.54) is 11.1 Å². The van der Waals surface area contributed by atoms with Gasteiger partial charge in [-0.05, 0) is 86.8 Å². The van der Waals surface area contributed by atoms with Crippen LogP contribution in [-0.4, -0.2) is 45.3 Å². The lowest BCUT2D eigenvalue weighted by atomic mass is 9.62. The van der Waals surface area contributed by atoms with Crippen LogP contribution >= 0.6 is 0 Å². The topological polar surface area (TPSA) is 69.9 Å². The summed E-state index contributed by atoms with van der Waals surface area (Å²) in [5, 5.41) is 30.7. The summed E-state index contributed by atoms with van der Waals surface area (Å²) in [4.78, 5) is 0. The Labute approximate surface area is 206 Å². The lowest BCUT2D eigenvalue weighted by Gasteiger charge is -2.45. The van der Waals surface area contributed by atoms with Crippen molar-refractivity contribution in [3.63, 3.8) is 0 Å². The summed E-state index contributed by atoms with van der Waals surface area (Å²) in [5.74, 6) is 0.448. The molecule has 2 saturated carbocycles. The number of ether oxygens (including phenoxy) is 1. The van der Waals surface area contributed by atoms with Crippen molar-refractivity contribution < 1.29 is 20.1 Å². The smallest absolute Gasteiger partial charge is 0.0845 e. The first-order chi connectivity index (χ1) is 16.0. The van der Waals surface area contributed by atoms with Crippen LogP contribution in [0.1, 0.15) is 86.0 Å². The van der Waals surface area contributed by atoms with E-state index in [1.54, 1.807) is 0 Å². The van der Waals surface area contributed by atoms with E-state index >= 15 is 0 Å². The molecule has 2 fully saturated rings. The molecular formula is C30H46O4. The monoisotopic (exact) mass is 470 g/mol. The van der Waals surface area contributed by atoms with Crippen LogP contribution in [0.5, 0.6) is 0 Å². The highest BCUT2D eigenvalue weighted by molar-refractivity contribution is 5.41. The van der Waals surface area contributed by atoms with Gasteiger partial charge >= 0.3 is 0 Å². The van der Waals surface area contributed by atoms with E-state index in [-0.39, 0.29) is 11.0 Å². The van der Waals surface area contributed by atoms with Crippen LogP contribution in [0.4, 0.5) is 0 Å². The fraction of sp³-hybridized carbons (Fsp3) is 0.667.